The molecule has 0 saturated carbocycles. The number of phenolic OH excluding ortho intramolecular Hbond substituents is 3. The normalized spacial score (nSPS) is 12.2. The van der Waals surface area contributed by atoms with E-state index in [0.29, 0.717) is 6.61 Å². The Labute approximate surface area is 206 Å². The van der Waals surface area contributed by atoms with Crippen molar-refractivity contribution in [1.29, 1.82) is 0 Å². The van der Waals surface area contributed by atoms with Crippen molar-refractivity contribution in [3.63, 3.8) is 0 Å². The molecule has 4 heteroatoms. The maximum atomic E-state index is 9.92. The molecule has 0 amide bonds. The van der Waals surface area contributed by atoms with E-state index in [1.807, 2.05) is 61.5 Å². The number of ether oxygens (including phenoxy) is 1. The number of hydrogen-bond donors (Lipinski definition) is 3. The van der Waals surface area contributed by atoms with Crippen LogP contribution in [0.25, 0.3) is 0 Å². The number of phenols is 3. The molecule has 35 heavy (non-hydrogen) atoms. The van der Waals surface area contributed by atoms with Crippen LogP contribution in [0.4, 0.5) is 0 Å². The molecule has 0 heterocycles. The molecule has 178 valence electrons. The Morgan fingerprint density at radius 3 is 1.26 bits per heavy atom. The van der Waals surface area contributed by atoms with E-state index in [4.69, 9.17) is 4.74 Å². The lowest BCUT2D eigenvalue weighted by molar-refractivity contribution is 0.324. The summed E-state index contributed by atoms with van der Waals surface area (Å²) >= 11 is 0. The zero-order valence-corrected chi connectivity index (χ0v) is 19.7. The van der Waals surface area contributed by atoms with E-state index >= 15 is 0 Å². The van der Waals surface area contributed by atoms with E-state index in [-0.39, 0.29) is 29.1 Å². The molecule has 4 nitrogen and oxygen atoms in total. The molecule has 4 aromatic carbocycles. The first-order valence-electron chi connectivity index (χ1n) is 11.8. The average molecular weight is 467 g/mol. The molecule has 0 saturated heterocycles. The molecule has 0 aliphatic carbocycles. The quantitative estimate of drug-likeness (QED) is 0.182. The molecule has 1 unspecified atom stereocenters. The molecule has 0 spiro atoms. The first-order chi connectivity index (χ1) is 17.0. The van der Waals surface area contributed by atoms with Crippen LogP contribution in [-0.2, 0) is 0 Å². The Hall–Kier alpha value is -4.18. The molecular weight excluding hydrogens is 436 g/mol. The minimum Gasteiger partial charge on any atom is -0.508 e. The van der Waals surface area contributed by atoms with E-state index in [1.165, 1.54) is 0 Å². The molecule has 0 fully saturated rings. The topological polar surface area (TPSA) is 69.9 Å². The summed E-state index contributed by atoms with van der Waals surface area (Å²) in [6.45, 7) is 2.62. The maximum absolute atomic E-state index is 9.92. The van der Waals surface area contributed by atoms with Gasteiger partial charge < -0.3 is 20.1 Å². The van der Waals surface area contributed by atoms with Gasteiger partial charge in [-0.3, -0.25) is 0 Å². The van der Waals surface area contributed by atoms with Crippen LogP contribution < -0.4 is 4.74 Å². The largest absolute Gasteiger partial charge is 0.508 e. The van der Waals surface area contributed by atoms with Crippen LogP contribution in [0.15, 0.2) is 109 Å². The Kier molecular flexibility index (Phi) is 7.74. The summed E-state index contributed by atoms with van der Waals surface area (Å²) in [6, 6.07) is 29.9. The van der Waals surface area contributed by atoms with Crippen LogP contribution >= 0.6 is 0 Å². The lowest BCUT2D eigenvalue weighted by atomic mass is 9.73. The van der Waals surface area contributed by atoms with Crippen molar-refractivity contribution in [2.24, 2.45) is 0 Å². The second kappa shape index (κ2) is 11.3. The third-order valence-corrected chi connectivity index (χ3v) is 6.12. The van der Waals surface area contributed by atoms with Crippen molar-refractivity contribution in [3.05, 3.63) is 131 Å². The summed E-state index contributed by atoms with van der Waals surface area (Å²) in [7, 11) is 0. The fourth-order valence-corrected chi connectivity index (χ4v) is 4.38. The SMILES string of the molecule is CC=CCCOc1ccc(C(c2ccc(O)cc2)C(c2ccc(O)cc2)c2ccc(O)cc2)cc1. The molecule has 0 aliphatic rings. The van der Waals surface area contributed by atoms with Crippen molar-refractivity contribution in [1.82, 2.24) is 0 Å². The van der Waals surface area contributed by atoms with Crippen molar-refractivity contribution < 1.29 is 20.1 Å². The van der Waals surface area contributed by atoms with Gasteiger partial charge in [0.15, 0.2) is 0 Å². The monoisotopic (exact) mass is 466 g/mol. The molecule has 0 radical (unpaired) electrons. The van der Waals surface area contributed by atoms with E-state index in [2.05, 4.69) is 18.2 Å². The summed E-state index contributed by atoms with van der Waals surface area (Å²) < 4.78 is 5.88. The van der Waals surface area contributed by atoms with Gasteiger partial charge in [0.1, 0.15) is 23.0 Å². The van der Waals surface area contributed by atoms with Crippen molar-refractivity contribution in [2.75, 3.05) is 6.61 Å². The highest BCUT2D eigenvalue weighted by Crippen LogP contribution is 2.44. The minimum atomic E-state index is -0.109. The van der Waals surface area contributed by atoms with Crippen LogP contribution in [0, 0.1) is 0 Å². The highest BCUT2D eigenvalue weighted by Gasteiger charge is 2.28. The predicted octanol–water partition coefficient (Wildman–Crippen LogP) is 7.11. The third kappa shape index (κ3) is 6.04. The summed E-state index contributed by atoms with van der Waals surface area (Å²) in [4.78, 5) is 0. The predicted molar refractivity (Wildman–Crippen MR) is 139 cm³/mol. The van der Waals surface area contributed by atoms with Crippen molar-refractivity contribution in [2.45, 2.75) is 25.2 Å². The summed E-state index contributed by atoms with van der Waals surface area (Å²) in [5.74, 6) is 1.23. The lowest BCUT2D eigenvalue weighted by Crippen LogP contribution is -2.15. The minimum absolute atomic E-state index is 0.0956. The van der Waals surface area contributed by atoms with E-state index in [9.17, 15) is 15.3 Å². The van der Waals surface area contributed by atoms with Gasteiger partial charge in [-0.2, -0.15) is 0 Å². The van der Waals surface area contributed by atoms with Gasteiger partial charge in [0.25, 0.3) is 0 Å². The molecule has 0 aromatic heterocycles. The number of rotatable bonds is 9. The van der Waals surface area contributed by atoms with Crippen LogP contribution in [0.3, 0.4) is 0 Å². The van der Waals surface area contributed by atoms with Crippen LogP contribution in [0.2, 0.25) is 0 Å². The van der Waals surface area contributed by atoms with Crippen LogP contribution in [-0.4, -0.2) is 21.9 Å². The second-order valence-corrected chi connectivity index (χ2v) is 8.51. The molecular formula is C31H30O4. The highest BCUT2D eigenvalue weighted by molar-refractivity contribution is 5.48. The number of benzene rings is 4. The van der Waals surface area contributed by atoms with Gasteiger partial charge in [-0.25, -0.2) is 0 Å². The summed E-state index contributed by atoms with van der Waals surface area (Å²) in [5, 5.41) is 29.7. The second-order valence-electron chi connectivity index (χ2n) is 8.51. The molecule has 0 aliphatic heterocycles. The zero-order chi connectivity index (χ0) is 24.6. The zero-order valence-electron chi connectivity index (χ0n) is 19.7. The van der Waals surface area contributed by atoms with Crippen LogP contribution in [0.5, 0.6) is 23.0 Å². The third-order valence-electron chi connectivity index (χ3n) is 6.12. The number of hydrogen-bond acceptors (Lipinski definition) is 4. The van der Waals surface area contributed by atoms with Gasteiger partial charge in [0.2, 0.25) is 0 Å². The van der Waals surface area contributed by atoms with E-state index in [0.717, 1.165) is 34.4 Å². The number of allylic oxidation sites excluding steroid dienone is 1. The van der Waals surface area contributed by atoms with Gasteiger partial charge in [-0.05, 0) is 84.1 Å². The van der Waals surface area contributed by atoms with Gasteiger partial charge in [0.05, 0.1) is 6.61 Å². The maximum Gasteiger partial charge on any atom is 0.119 e. The molecule has 1 atom stereocenters. The Morgan fingerprint density at radius 1 is 0.571 bits per heavy atom. The summed E-state index contributed by atoms with van der Waals surface area (Å²) in [5.41, 5.74) is 4.18. The molecule has 3 N–H and O–H groups in total. The number of aromatic hydroxyl groups is 3. The molecule has 0 bridgehead atoms. The van der Waals surface area contributed by atoms with Crippen molar-refractivity contribution in [3.8, 4) is 23.0 Å². The standard InChI is InChI=1S/C31H30O4/c1-2-3-4-21-35-29-19-11-25(12-20-29)31(24-9-17-28(34)18-10-24)30(22-5-13-26(32)14-6-22)23-7-15-27(33)16-8-23/h2-3,5-20,30-34H,4,21H2,1H3. The lowest BCUT2D eigenvalue weighted by Gasteiger charge is -2.30. The van der Waals surface area contributed by atoms with Gasteiger partial charge in [0, 0.05) is 11.8 Å². The average Bonchev–Trinajstić information content (AvgIpc) is 2.88. The fraction of sp³-hybridized carbons (Fsp3) is 0.161. The summed E-state index contributed by atoms with van der Waals surface area (Å²) in [6.07, 6.45) is 4.95. The Morgan fingerprint density at radius 2 is 0.914 bits per heavy atom. The van der Waals surface area contributed by atoms with E-state index in [1.54, 1.807) is 36.4 Å². The van der Waals surface area contributed by atoms with Crippen LogP contribution in [0.1, 0.15) is 47.4 Å². The Bertz CT molecular complexity index is 1180. The molecule has 4 aromatic rings. The first kappa shape index (κ1) is 24.0. The fourth-order valence-electron chi connectivity index (χ4n) is 4.38. The Balaban J connectivity index is 1.79. The van der Waals surface area contributed by atoms with Gasteiger partial charge in [-0.15, -0.1) is 0 Å². The van der Waals surface area contributed by atoms with E-state index < -0.39 is 0 Å². The van der Waals surface area contributed by atoms with Gasteiger partial charge >= 0.3 is 0 Å². The first-order valence-corrected chi connectivity index (χ1v) is 11.8. The smallest absolute Gasteiger partial charge is 0.119 e. The van der Waals surface area contributed by atoms with Crippen molar-refractivity contribution >= 4 is 0 Å². The highest BCUT2D eigenvalue weighted by atomic mass is 16.5. The molecule has 4 rings (SSSR count). The van der Waals surface area contributed by atoms with Gasteiger partial charge in [-0.1, -0.05) is 60.7 Å².